The van der Waals surface area contributed by atoms with Crippen molar-refractivity contribution in [2.45, 2.75) is 24.7 Å². The van der Waals surface area contributed by atoms with Crippen LogP contribution in [0.25, 0.3) is 28.1 Å². The monoisotopic (exact) mass is 807 g/mol. The van der Waals surface area contributed by atoms with Crippen LogP contribution in [0.5, 0.6) is 0 Å². The number of nitrogens with one attached hydrogen (secondary N) is 2. The molecule has 1 aliphatic heterocycles. The van der Waals surface area contributed by atoms with Gasteiger partial charge in [0.05, 0.1) is 16.3 Å². The molecule has 7 rings (SSSR count). The number of nitroso groups, excluding NO2 is 1. The van der Waals surface area contributed by atoms with Crippen molar-refractivity contribution in [3.63, 3.8) is 0 Å². The van der Waals surface area contributed by atoms with Crippen LogP contribution in [0.3, 0.4) is 0 Å². The molecule has 2 heterocycles. The van der Waals surface area contributed by atoms with E-state index in [1.807, 2.05) is 67.4 Å². The minimum Gasteiger partial charge on any atom is -0.368 e. The van der Waals surface area contributed by atoms with Crippen LogP contribution < -0.4 is 19.2 Å². The van der Waals surface area contributed by atoms with E-state index in [1.165, 1.54) is 36.0 Å². The number of hydrogen-bond acceptors (Lipinski definition) is 10. The lowest BCUT2D eigenvalue weighted by Gasteiger charge is -2.37. The van der Waals surface area contributed by atoms with Gasteiger partial charge in [-0.2, -0.15) is 0 Å². The van der Waals surface area contributed by atoms with E-state index in [-0.39, 0.29) is 17.2 Å². The number of nitro groups is 1. The first-order valence-corrected chi connectivity index (χ1v) is 20.0. The number of nitro benzene ring substituents is 1. The molecule has 5 aromatic rings. The lowest BCUT2D eigenvalue weighted by molar-refractivity contribution is -0.384. The van der Waals surface area contributed by atoms with E-state index in [9.17, 15) is 15.0 Å². The molecule has 4 aromatic carbocycles. The Morgan fingerprint density at radius 3 is 2.39 bits per heavy atom. The third-order valence-corrected chi connectivity index (χ3v) is 11.9. The fourth-order valence-electron chi connectivity index (χ4n) is 7.03. The third kappa shape index (κ3) is 8.35. The Hall–Kier alpha value is -5.50. The summed E-state index contributed by atoms with van der Waals surface area (Å²) in [5.41, 5.74) is 7.87. The topological polar surface area (TPSA) is 108 Å². The predicted molar refractivity (Wildman–Crippen MR) is 232 cm³/mol. The molecule has 56 heavy (non-hydrogen) atoms. The van der Waals surface area contributed by atoms with Gasteiger partial charge in [0, 0.05) is 82.3 Å². The van der Waals surface area contributed by atoms with Gasteiger partial charge in [-0.05, 0) is 115 Å². The quantitative estimate of drug-likeness (QED) is 0.0520. The summed E-state index contributed by atoms with van der Waals surface area (Å²) in [5.74, 6) is -0.356. The van der Waals surface area contributed by atoms with E-state index < -0.39 is 4.92 Å². The summed E-state index contributed by atoms with van der Waals surface area (Å²) in [4.78, 5) is 29.2. The van der Waals surface area contributed by atoms with Gasteiger partial charge in [0.15, 0.2) is 0 Å². The molecule has 0 atom stereocenters. The molecule has 1 aliphatic carbocycles. The van der Waals surface area contributed by atoms with E-state index in [2.05, 4.69) is 55.0 Å². The van der Waals surface area contributed by atoms with Crippen molar-refractivity contribution in [3.8, 4) is 22.4 Å². The number of anilines is 4. The molecule has 2 N–H and O–H groups in total. The molecule has 286 valence electrons. The predicted octanol–water partition coefficient (Wildman–Crippen LogP) is 11.8. The maximum atomic E-state index is 15.6. The normalized spacial score (nSPS) is 14.0. The van der Waals surface area contributed by atoms with Crippen molar-refractivity contribution in [2.24, 2.45) is 12.2 Å². The molecule has 10 nitrogen and oxygen atoms in total. The lowest BCUT2D eigenvalue weighted by atomic mass is 9.95. The molecule has 0 radical (unpaired) electrons. The first-order chi connectivity index (χ1) is 27.1. The van der Waals surface area contributed by atoms with Crippen LogP contribution in [0.2, 0.25) is 5.02 Å². The van der Waals surface area contributed by atoms with Gasteiger partial charge in [0.1, 0.15) is 17.2 Å². The Labute approximate surface area is 338 Å². The van der Waals surface area contributed by atoms with Crippen molar-refractivity contribution in [1.82, 2.24) is 4.57 Å². The molecule has 1 aromatic heterocycles. The molecule has 0 unspecified atom stereocenters. The number of piperazine rings is 1. The van der Waals surface area contributed by atoms with Gasteiger partial charge in [0.25, 0.3) is 5.69 Å². The van der Waals surface area contributed by atoms with E-state index in [0.717, 1.165) is 51.5 Å². The van der Waals surface area contributed by atoms with Crippen LogP contribution in [0.15, 0.2) is 125 Å². The molecule has 0 spiro atoms. The minimum atomic E-state index is -0.410. The summed E-state index contributed by atoms with van der Waals surface area (Å²) in [6.45, 7) is 8.48. The van der Waals surface area contributed by atoms with Gasteiger partial charge in [-0.15, -0.1) is 4.91 Å². The van der Waals surface area contributed by atoms with E-state index in [0.29, 0.717) is 58.7 Å². The second-order valence-corrected chi connectivity index (χ2v) is 15.6. The van der Waals surface area contributed by atoms with Crippen LogP contribution >= 0.6 is 35.5 Å². The van der Waals surface area contributed by atoms with Crippen LogP contribution in [0.1, 0.15) is 24.1 Å². The largest absolute Gasteiger partial charge is 0.368 e. The first-order valence-electron chi connectivity index (χ1n) is 18.0. The highest BCUT2D eigenvalue weighted by Gasteiger charge is 2.26. The number of aromatic nitrogens is 1. The standard InChI is InChI=1S/C42H39ClFN7O3S2/c1-27(45-52)40-28(2)48(3)42(29-12-14-31(43)15-13-29)41(40)30-8-7-9-33(24-30)49-20-22-50(23-21-49)38-19-16-32(25-36(38)44)46-56-35-17-18-37(39(26-35)51(53)54)47-55-34-10-5-4-6-11-34/h5,7-19,24-26,46-47H,1,4,6,20-23H2,2-3H3. The van der Waals surface area contributed by atoms with E-state index >= 15 is 4.39 Å². The van der Waals surface area contributed by atoms with Crippen LogP contribution in [0, 0.1) is 27.8 Å². The molecule has 1 saturated heterocycles. The van der Waals surface area contributed by atoms with E-state index in [1.54, 1.807) is 18.2 Å². The number of rotatable bonds is 13. The van der Waals surface area contributed by atoms with Crippen molar-refractivity contribution in [3.05, 3.63) is 152 Å². The van der Waals surface area contributed by atoms with E-state index in [4.69, 9.17) is 11.6 Å². The summed E-state index contributed by atoms with van der Waals surface area (Å²) in [6.07, 6.45) is 8.12. The van der Waals surface area contributed by atoms with Crippen LogP contribution in [0.4, 0.5) is 32.8 Å². The molecular formula is C42H39ClFN7O3S2. The lowest BCUT2D eigenvalue weighted by Crippen LogP contribution is -2.46. The van der Waals surface area contributed by atoms with Crippen molar-refractivity contribution in [1.29, 1.82) is 0 Å². The Balaban J connectivity index is 1.02. The molecule has 14 heteroatoms. The summed E-state index contributed by atoms with van der Waals surface area (Å²) >= 11 is 8.75. The second kappa shape index (κ2) is 17.1. The summed E-state index contributed by atoms with van der Waals surface area (Å²) in [7, 11) is 1.97. The van der Waals surface area contributed by atoms with Crippen LogP contribution in [-0.2, 0) is 7.05 Å². The molecular weight excluding hydrogens is 769 g/mol. The number of allylic oxidation sites excluding steroid dienone is 3. The molecule has 0 bridgehead atoms. The Morgan fingerprint density at radius 2 is 1.70 bits per heavy atom. The van der Waals surface area contributed by atoms with Crippen molar-refractivity contribution < 1.29 is 9.31 Å². The third-order valence-electron chi connectivity index (χ3n) is 9.96. The number of hydrogen-bond donors (Lipinski definition) is 2. The molecule has 1 fully saturated rings. The Morgan fingerprint density at radius 1 is 0.929 bits per heavy atom. The number of benzene rings is 4. The van der Waals surface area contributed by atoms with Gasteiger partial charge in [-0.3, -0.25) is 10.1 Å². The Bertz CT molecular complexity index is 2370. The zero-order valence-corrected chi connectivity index (χ0v) is 33.2. The fraction of sp³-hybridized carbons (Fsp3) is 0.190. The van der Waals surface area contributed by atoms with Crippen molar-refractivity contribution >= 4 is 69.6 Å². The first kappa shape index (κ1) is 38.8. The average Bonchev–Trinajstić information content (AvgIpc) is 3.49. The van der Waals surface area contributed by atoms with Gasteiger partial charge in [-0.1, -0.05) is 60.7 Å². The highest BCUT2D eigenvalue weighted by atomic mass is 35.5. The van der Waals surface area contributed by atoms with Gasteiger partial charge in [-0.25, -0.2) is 4.39 Å². The summed E-state index contributed by atoms with van der Waals surface area (Å²) in [5, 5.41) is 15.7. The zero-order valence-electron chi connectivity index (χ0n) is 30.8. The highest BCUT2D eigenvalue weighted by molar-refractivity contribution is 8.04. The molecule has 0 saturated carbocycles. The Kier molecular flexibility index (Phi) is 11.8. The zero-order chi connectivity index (χ0) is 39.3. The maximum absolute atomic E-state index is 15.6. The smallest absolute Gasteiger partial charge is 0.294 e. The number of nitrogens with zero attached hydrogens (tertiary/aromatic N) is 5. The summed E-state index contributed by atoms with van der Waals surface area (Å²) in [6, 6.07) is 25.8. The highest BCUT2D eigenvalue weighted by Crippen LogP contribution is 2.43. The average molecular weight is 808 g/mol. The summed E-state index contributed by atoms with van der Waals surface area (Å²) < 4.78 is 23.9. The van der Waals surface area contributed by atoms with Gasteiger partial charge < -0.3 is 23.8 Å². The van der Waals surface area contributed by atoms with Crippen LogP contribution in [-0.4, -0.2) is 35.7 Å². The van der Waals surface area contributed by atoms with Crippen molar-refractivity contribution in [2.75, 3.05) is 45.4 Å². The molecule has 2 aliphatic rings. The molecule has 0 amide bonds. The second-order valence-electron chi connectivity index (χ2n) is 13.4. The SMILES string of the molecule is C=C(N=O)c1c(-c2cccc(N3CCN(c4ccc(NSc5ccc(NSC6=CCCC=C6)c([N+](=O)[O-])c5)cc4F)CC3)c2)c(-c2ccc(Cl)cc2)n(C)c1C. The fourth-order valence-corrected chi connectivity index (χ4v) is 8.59. The van der Waals surface area contributed by atoms with Gasteiger partial charge in [0.2, 0.25) is 0 Å². The van der Waals surface area contributed by atoms with Gasteiger partial charge >= 0.3 is 0 Å². The number of halogens is 2. The minimum absolute atomic E-state index is 0.0409. The maximum Gasteiger partial charge on any atom is 0.294 e.